The highest BCUT2D eigenvalue weighted by atomic mass is 16.5. The molecule has 2 aromatic heterocycles. The Bertz CT molecular complexity index is 801. The zero-order valence-corrected chi connectivity index (χ0v) is 15.0. The molecule has 0 atom stereocenters. The number of aromatic nitrogens is 2. The summed E-state index contributed by atoms with van der Waals surface area (Å²) in [4.78, 5) is 17.8. The van der Waals surface area contributed by atoms with Crippen molar-refractivity contribution in [1.82, 2.24) is 15.5 Å². The van der Waals surface area contributed by atoms with Crippen LogP contribution in [0, 0.1) is 0 Å². The van der Waals surface area contributed by atoms with Crippen molar-refractivity contribution >= 4 is 17.0 Å². The van der Waals surface area contributed by atoms with E-state index in [1.54, 1.807) is 0 Å². The molecule has 0 aliphatic heterocycles. The van der Waals surface area contributed by atoms with Gasteiger partial charge in [0.15, 0.2) is 0 Å². The van der Waals surface area contributed by atoms with E-state index in [0.717, 1.165) is 55.3 Å². The van der Waals surface area contributed by atoms with Gasteiger partial charge in [-0.15, -0.1) is 0 Å². The van der Waals surface area contributed by atoms with Crippen LogP contribution >= 0.6 is 0 Å². The minimum absolute atomic E-state index is 0.0771. The summed E-state index contributed by atoms with van der Waals surface area (Å²) in [5.41, 5.74) is 8.57. The van der Waals surface area contributed by atoms with Crippen LogP contribution < -0.4 is 11.1 Å². The molecule has 2 saturated carbocycles. The first-order valence-electron chi connectivity index (χ1n) is 9.36. The normalized spacial score (nSPS) is 19.7. The number of nitrogens with two attached hydrogens (primary N) is 1. The third-order valence-corrected chi connectivity index (χ3v) is 5.61. The topological polar surface area (TPSA) is 94.0 Å². The van der Waals surface area contributed by atoms with Gasteiger partial charge in [-0.05, 0) is 37.7 Å². The fourth-order valence-electron chi connectivity index (χ4n) is 3.89. The van der Waals surface area contributed by atoms with Gasteiger partial charge in [0.05, 0.1) is 22.2 Å². The van der Waals surface area contributed by atoms with Crippen LogP contribution in [0.5, 0.6) is 0 Å². The standard InChI is InChI=1S/C19H26N4O2/c1-11(2)16-15-13(17(24)22-19(10-20)7-3-4-8-19)9-14(12-5-6-12)21-18(15)25-23-16/h9,11-12H,3-8,10,20H2,1-2H3,(H,22,24). The van der Waals surface area contributed by atoms with E-state index in [-0.39, 0.29) is 17.4 Å². The second-order valence-corrected chi connectivity index (χ2v) is 7.92. The molecule has 0 spiro atoms. The number of pyridine rings is 1. The number of hydrogen-bond donors (Lipinski definition) is 2. The highest BCUT2D eigenvalue weighted by Crippen LogP contribution is 2.41. The van der Waals surface area contributed by atoms with Gasteiger partial charge in [-0.3, -0.25) is 4.79 Å². The molecule has 134 valence electrons. The van der Waals surface area contributed by atoms with E-state index in [1.807, 2.05) is 19.9 Å². The minimum atomic E-state index is -0.276. The lowest BCUT2D eigenvalue weighted by molar-refractivity contribution is 0.0904. The zero-order chi connectivity index (χ0) is 17.6. The van der Waals surface area contributed by atoms with Crippen LogP contribution in [0.2, 0.25) is 0 Å². The lowest BCUT2D eigenvalue weighted by Gasteiger charge is -2.29. The second-order valence-electron chi connectivity index (χ2n) is 7.92. The van der Waals surface area contributed by atoms with Crippen molar-refractivity contribution in [3.8, 4) is 0 Å². The Morgan fingerprint density at radius 1 is 1.40 bits per heavy atom. The Labute approximate surface area is 147 Å². The summed E-state index contributed by atoms with van der Waals surface area (Å²) in [6.07, 6.45) is 6.36. The van der Waals surface area contributed by atoms with Gasteiger partial charge in [0, 0.05) is 18.2 Å². The molecule has 0 bridgehead atoms. The van der Waals surface area contributed by atoms with E-state index in [9.17, 15) is 4.79 Å². The Balaban J connectivity index is 1.78. The summed E-state index contributed by atoms with van der Waals surface area (Å²) in [6, 6.07) is 1.94. The van der Waals surface area contributed by atoms with Crippen molar-refractivity contribution in [2.24, 2.45) is 5.73 Å². The molecule has 6 heteroatoms. The molecule has 2 heterocycles. The molecule has 0 unspecified atom stereocenters. The average molecular weight is 342 g/mol. The maximum Gasteiger partial charge on any atom is 0.259 e. The molecule has 0 saturated heterocycles. The number of nitrogens with zero attached hydrogens (tertiary/aromatic N) is 2. The molecule has 0 aromatic carbocycles. The molecule has 2 aromatic rings. The van der Waals surface area contributed by atoms with Gasteiger partial charge >= 0.3 is 0 Å². The molecule has 3 N–H and O–H groups in total. The summed E-state index contributed by atoms with van der Waals surface area (Å²) in [5, 5.41) is 8.17. The number of carbonyl (C=O) groups is 1. The maximum absolute atomic E-state index is 13.2. The van der Waals surface area contributed by atoms with Crippen LogP contribution in [-0.4, -0.2) is 28.1 Å². The SMILES string of the molecule is CC(C)c1noc2nc(C3CC3)cc(C(=O)NC3(CN)CCCC3)c12. The Morgan fingerprint density at radius 3 is 2.72 bits per heavy atom. The van der Waals surface area contributed by atoms with Gasteiger partial charge < -0.3 is 15.6 Å². The summed E-state index contributed by atoms with van der Waals surface area (Å²) in [5.74, 6) is 0.529. The lowest BCUT2D eigenvalue weighted by atomic mass is 9.96. The van der Waals surface area contributed by atoms with Crippen LogP contribution in [0.25, 0.3) is 11.1 Å². The monoisotopic (exact) mass is 342 g/mol. The number of rotatable bonds is 5. The highest BCUT2D eigenvalue weighted by Gasteiger charge is 2.36. The van der Waals surface area contributed by atoms with E-state index in [1.165, 1.54) is 0 Å². The summed E-state index contributed by atoms with van der Waals surface area (Å²) in [7, 11) is 0. The second kappa shape index (κ2) is 6.09. The average Bonchev–Trinajstić information content (AvgIpc) is 3.19. The molecule has 2 fully saturated rings. The van der Waals surface area contributed by atoms with Crippen molar-refractivity contribution in [3.63, 3.8) is 0 Å². The van der Waals surface area contributed by atoms with Crippen LogP contribution in [0.15, 0.2) is 10.6 Å². The molecule has 6 nitrogen and oxygen atoms in total. The fourth-order valence-corrected chi connectivity index (χ4v) is 3.89. The first-order chi connectivity index (χ1) is 12.0. The smallest absolute Gasteiger partial charge is 0.259 e. The summed E-state index contributed by atoms with van der Waals surface area (Å²) < 4.78 is 5.48. The van der Waals surface area contributed by atoms with E-state index >= 15 is 0 Å². The van der Waals surface area contributed by atoms with Gasteiger partial charge in [0.2, 0.25) is 0 Å². The molecule has 0 radical (unpaired) electrons. The predicted molar refractivity (Wildman–Crippen MR) is 95.6 cm³/mol. The third-order valence-electron chi connectivity index (χ3n) is 5.61. The van der Waals surface area contributed by atoms with Crippen molar-refractivity contribution in [2.75, 3.05) is 6.54 Å². The quantitative estimate of drug-likeness (QED) is 0.870. The molecule has 2 aliphatic rings. The largest absolute Gasteiger partial charge is 0.345 e. The first-order valence-corrected chi connectivity index (χ1v) is 9.36. The van der Waals surface area contributed by atoms with Crippen LogP contribution in [0.4, 0.5) is 0 Å². The Kier molecular flexibility index (Phi) is 4.02. The van der Waals surface area contributed by atoms with Gasteiger partial charge in [-0.1, -0.05) is 31.8 Å². The van der Waals surface area contributed by atoms with Crippen molar-refractivity contribution in [3.05, 3.63) is 23.0 Å². The van der Waals surface area contributed by atoms with Crippen molar-refractivity contribution in [1.29, 1.82) is 0 Å². The lowest BCUT2D eigenvalue weighted by Crippen LogP contribution is -2.51. The van der Waals surface area contributed by atoms with Gasteiger partial charge in [0.1, 0.15) is 0 Å². The Hall–Kier alpha value is -1.95. The van der Waals surface area contributed by atoms with Crippen molar-refractivity contribution in [2.45, 2.75) is 69.7 Å². The van der Waals surface area contributed by atoms with Gasteiger partial charge in [-0.2, -0.15) is 0 Å². The number of amides is 1. The van der Waals surface area contributed by atoms with Gasteiger partial charge in [-0.25, -0.2) is 4.98 Å². The van der Waals surface area contributed by atoms with E-state index in [0.29, 0.717) is 23.7 Å². The maximum atomic E-state index is 13.2. The number of carbonyl (C=O) groups excluding carboxylic acids is 1. The molecule has 4 rings (SSSR count). The predicted octanol–water partition coefficient (Wildman–Crippen LogP) is 3.22. The molecule has 2 aliphatic carbocycles. The zero-order valence-electron chi connectivity index (χ0n) is 15.0. The fraction of sp³-hybridized carbons (Fsp3) is 0.632. The highest BCUT2D eigenvalue weighted by molar-refractivity contribution is 6.06. The van der Waals surface area contributed by atoms with Gasteiger partial charge in [0.25, 0.3) is 11.6 Å². The van der Waals surface area contributed by atoms with E-state index in [2.05, 4.69) is 15.5 Å². The van der Waals surface area contributed by atoms with Crippen LogP contribution in [0.3, 0.4) is 0 Å². The summed E-state index contributed by atoms with van der Waals surface area (Å²) >= 11 is 0. The number of hydrogen-bond acceptors (Lipinski definition) is 5. The first kappa shape index (κ1) is 16.5. The van der Waals surface area contributed by atoms with Crippen LogP contribution in [-0.2, 0) is 0 Å². The number of fused-ring (bicyclic) bond motifs is 1. The summed E-state index contributed by atoms with van der Waals surface area (Å²) in [6.45, 7) is 4.57. The third kappa shape index (κ3) is 2.92. The minimum Gasteiger partial charge on any atom is -0.345 e. The van der Waals surface area contributed by atoms with Crippen LogP contribution in [0.1, 0.15) is 86.0 Å². The Morgan fingerprint density at radius 2 is 2.12 bits per heavy atom. The van der Waals surface area contributed by atoms with Crippen molar-refractivity contribution < 1.29 is 9.32 Å². The molecular formula is C19H26N4O2. The van der Waals surface area contributed by atoms with E-state index < -0.39 is 0 Å². The van der Waals surface area contributed by atoms with E-state index in [4.69, 9.17) is 10.3 Å². The molecule has 1 amide bonds. The molecular weight excluding hydrogens is 316 g/mol. The molecule has 25 heavy (non-hydrogen) atoms. The number of nitrogens with one attached hydrogen (secondary N) is 1.